The van der Waals surface area contributed by atoms with Gasteiger partial charge in [0.25, 0.3) is 0 Å². The largest absolute Gasteiger partial charge is 0.359 e. The van der Waals surface area contributed by atoms with Gasteiger partial charge >= 0.3 is 0 Å². The lowest BCUT2D eigenvalue weighted by molar-refractivity contribution is 0.376. The van der Waals surface area contributed by atoms with E-state index in [0.29, 0.717) is 0 Å². The third-order valence-electron chi connectivity index (χ3n) is 3.02. The molecule has 1 aromatic rings. The maximum Gasteiger partial charge on any atom is 0.128 e. The van der Waals surface area contributed by atoms with Crippen molar-refractivity contribution in [1.29, 1.82) is 0 Å². The van der Waals surface area contributed by atoms with Crippen LogP contribution in [0, 0.1) is 11.8 Å². The van der Waals surface area contributed by atoms with Crippen molar-refractivity contribution in [3.63, 3.8) is 0 Å². The van der Waals surface area contributed by atoms with E-state index < -0.39 is 0 Å². The molecule has 1 heterocycles. The van der Waals surface area contributed by atoms with Crippen LogP contribution in [0.25, 0.3) is 0 Å². The van der Waals surface area contributed by atoms with Crippen LogP contribution in [0.3, 0.4) is 0 Å². The van der Waals surface area contributed by atoms with Gasteiger partial charge < -0.3 is 4.90 Å². The van der Waals surface area contributed by atoms with E-state index in [4.69, 9.17) is 0 Å². The molecule has 2 nitrogen and oxygen atoms in total. The predicted octanol–water partition coefficient (Wildman–Crippen LogP) is 3.20. The Kier molecular flexibility index (Phi) is 4.60. The van der Waals surface area contributed by atoms with Gasteiger partial charge in [-0.15, -0.1) is 0 Å². The first-order valence-electron chi connectivity index (χ1n) is 5.77. The second kappa shape index (κ2) is 5.74. The summed E-state index contributed by atoms with van der Waals surface area (Å²) in [4.78, 5) is 6.60. The van der Waals surface area contributed by atoms with Crippen LogP contribution in [-0.2, 0) is 0 Å². The van der Waals surface area contributed by atoms with Gasteiger partial charge in [0, 0.05) is 19.8 Å². The molecular formula is C13H22N2. The number of rotatable bonds is 5. The quantitative estimate of drug-likeness (QED) is 0.735. The van der Waals surface area contributed by atoms with Gasteiger partial charge in [0.05, 0.1) is 0 Å². The van der Waals surface area contributed by atoms with Crippen molar-refractivity contribution in [2.45, 2.75) is 27.2 Å². The summed E-state index contributed by atoms with van der Waals surface area (Å²) in [6.07, 6.45) is 3.08. The molecule has 0 spiro atoms. The van der Waals surface area contributed by atoms with E-state index in [-0.39, 0.29) is 0 Å². The van der Waals surface area contributed by atoms with Crippen LogP contribution in [0.4, 0.5) is 5.82 Å². The van der Waals surface area contributed by atoms with Crippen molar-refractivity contribution < 1.29 is 0 Å². The van der Waals surface area contributed by atoms with E-state index in [1.165, 1.54) is 6.42 Å². The summed E-state index contributed by atoms with van der Waals surface area (Å²) < 4.78 is 0. The second-order valence-corrected chi connectivity index (χ2v) is 4.48. The fourth-order valence-electron chi connectivity index (χ4n) is 1.84. The standard InChI is InChI=1S/C13H22N2/c1-5-12(11(2)3)10-15(4)13-8-6-7-9-14-13/h6-9,11-12H,5,10H2,1-4H3. The van der Waals surface area contributed by atoms with Gasteiger partial charge in [0.2, 0.25) is 0 Å². The van der Waals surface area contributed by atoms with Gasteiger partial charge in [-0.1, -0.05) is 33.3 Å². The maximum atomic E-state index is 4.35. The van der Waals surface area contributed by atoms with Gasteiger partial charge in [-0.2, -0.15) is 0 Å². The van der Waals surface area contributed by atoms with E-state index in [1.807, 2.05) is 18.3 Å². The number of anilines is 1. The Morgan fingerprint density at radius 1 is 1.33 bits per heavy atom. The molecule has 0 radical (unpaired) electrons. The highest BCUT2D eigenvalue weighted by Gasteiger charge is 2.14. The van der Waals surface area contributed by atoms with Crippen LogP contribution >= 0.6 is 0 Å². The minimum atomic E-state index is 0.737. The second-order valence-electron chi connectivity index (χ2n) is 4.48. The van der Waals surface area contributed by atoms with E-state index in [1.54, 1.807) is 0 Å². The molecule has 0 aliphatic carbocycles. The molecule has 0 saturated carbocycles. The molecule has 0 fully saturated rings. The molecule has 84 valence electrons. The van der Waals surface area contributed by atoms with E-state index in [0.717, 1.165) is 24.2 Å². The number of hydrogen-bond donors (Lipinski definition) is 0. The van der Waals surface area contributed by atoms with Crippen molar-refractivity contribution in [1.82, 2.24) is 4.98 Å². The normalized spacial score (nSPS) is 12.9. The molecule has 15 heavy (non-hydrogen) atoms. The molecule has 1 rings (SSSR count). The lowest BCUT2D eigenvalue weighted by Gasteiger charge is -2.26. The third kappa shape index (κ3) is 3.54. The Morgan fingerprint density at radius 2 is 2.07 bits per heavy atom. The molecule has 1 unspecified atom stereocenters. The summed E-state index contributed by atoms with van der Waals surface area (Å²) in [6.45, 7) is 7.93. The van der Waals surface area contributed by atoms with Crippen LogP contribution < -0.4 is 4.90 Å². The molecule has 0 amide bonds. The van der Waals surface area contributed by atoms with Crippen LogP contribution in [0.5, 0.6) is 0 Å². The fraction of sp³-hybridized carbons (Fsp3) is 0.615. The summed E-state index contributed by atoms with van der Waals surface area (Å²) >= 11 is 0. The SMILES string of the molecule is CCC(CN(C)c1ccccn1)C(C)C. The molecule has 0 aliphatic rings. The topological polar surface area (TPSA) is 16.1 Å². The Labute approximate surface area is 93.3 Å². The van der Waals surface area contributed by atoms with Crippen molar-refractivity contribution >= 4 is 5.82 Å². The zero-order valence-corrected chi connectivity index (χ0v) is 10.3. The summed E-state index contributed by atoms with van der Waals surface area (Å²) in [6, 6.07) is 6.05. The Balaban J connectivity index is 2.58. The van der Waals surface area contributed by atoms with Gasteiger partial charge in [-0.25, -0.2) is 4.98 Å². The van der Waals surface area contributed by atoms with E-state index in [9.17, 15) is 0 Å². The van der Waals surface area contributed by atoms with E-state index in [2.05, 4.69) is 43.8 Å². The summed E-state index contributed by atoms with van der Waals surface area (Å²) in [5.41, 5.74) is 0. The van der Waals surface area contributed by atoms with Crippen molar-refractivity contribution in [2.24, 2.45) is 11.8 Å². The average molecular weight is 206 g/mol. The Morgan fingerprint density at radius 3 is 2.53 bits per heavy atom. The van der Waals surface area contributed by atoms with Crippen molar-refractivity contribution in [3.8, 4) is 0 Å². The summed E-state index contributed by atoms with van der Waals surface area (Å²) in [7, 11) is 2.12. The molecule has 1 aromatic heterocycles. The molecule has 0 aromatic carbocycles. The van der Waals surface area contributed by atoms with Gasteiger partial charge in [-0.05, 0) is 24.0 Å². The summed E-state index contributed by atoms with van der Waals surface area (Å²) in [5, 5.41) is 0. The summed E-state index contributed by atoms with van der Waals surface area (Å²) in [5.74, 6) is 2.55. The lowest BCUT2D eigenvalue weighted by Crippen LogP contribution is -2.28. The molecule has 0 bridgehead atoms. The first-order valence-corrected chi connectivity index (χ1v) is 5.77. The number of nitrogens with zero attached hydrogens (tertiary/aromatic N) is 2. The molecular weight excluding hydrogens is 184 g/mol. The van der Waals surface area contributed by atoms with Crippen LogP contribution in [-0.4, -0.2) is 18.6 Å². The maximum absolute atomic E-state index is 4.35. The molecule has 0 N–H and O–H groups in total. The van der Waals surface area contributed by atoms with Crippen LogP contribution in [0.1, 0.15) is 27.2 Å². The first-order chi connectivity index (χ1) is 7.15. The molecule has 0 aliphatic heterocycles. The highest BCUT2D eigenvalue weighted by atomic mass is 15.2. The highest BCUT2D eigenvalue weighted by molar-refractivity contribution is 5.36. The van der Waals surface area contributed by atoms with Gasteiger partial charge in [-0.3, -0.25) is 0 Å². The molecule has 1 atom stereocenters. The first kappa shape index (κ1) is 12.0. The fourth-order valence-corrected chi connectivity index (χ4v) is 1.84. The third-order valence-corrected chi connectivity index (χ3v) is 3.02. The zero-order valence-electron chi connectivity index (χ0n) is 10.3. The highest BCUT2D eigenvalue weighted by Crippen LogP contribution is 2.18. The van der Waals surface area contributed by atoms with Gasteiger partial charge in [0.15, 0.2) is 0 Å². The van der Waals surface area contributed by atoms with Crippen molar-refractivity contribution in [3.05, 3.63) is 24.4 Å². The predicted molar refractivity (Wildman–Crippen MR) is 66.1 cm³/mol. The minimum Gasteiger partial charge on any atom is -0.359 e. The van der Waals surface area contributed by atoms with Gasteiger partial charge in [0.1, 0.15) is 5.82 Å². The zero-order chi connectivity index (χ0) is 11.3. The van der Waals surface area contributed by atoms with Crippen LogP contribution in [0.15, 0.2) is 24.4 Å². The van der Waals surface area contributed by atoms with E-state index >= 15 is 0 Å². The molecule has 2 heteroatoms. The number of pyridine rings is 1. The number of hydrogen-bond acceptors (Lipinski definition) is 2. The van der Waals surface area contributed by atoms with Crippen LogP contribution in [0.2, 0.25) is 0 Å². The monoisotopic (exact) mass is 206 g/mol. The van der Waals surface area contributed by atoms with Crippen molar-refractivity contribution in [2.75, 3.05) is 18.5 Å². The minimum absolute atomic E-state index is 0.737. The Bertz CT molecular complexity index is 269. The Hall–Kier alpha value is -1.05. The molecule has 0 saturated heterocycles. The average Bonchev–Trinajstić information content (AvgIpc) is 2.26. The smallest absolute Gasteiger partial charge is 0.128 e. The number of aromatic nitrogens is 1. The lowest BCUT2D eigenvalue weighted by atomic mass is 9.93.